The van der Waals surface area contributed by atoms with Crippen LogP contribution in [0.2, 0.25) is 0 Å². The topological polar surface area (TPSA) is 62.6 Å². The molecule has 0 radical (unpaired) electrons. The molecule has 1 aromatic carbocycles. The second-order valence-electron chi connectivity index (χ2n) is 7.12. The molecule has 2 rings (SSSR count). The molecule has 2 atom stereocenters. The molecule has 5 nitrogen and oxygen atoms in total. The third kappa shape index (κ3) is 5.64. The van der Waals surface area contributed by atoms with Gasteiger partial charge in [-0.1, -0.05) is 39.0 Å². The number of rotatable bonds is 6. The van der Waals surface area contributed by atoms with E-state index in [2.05, 4.69) is 31.4 Å². The van der Waals surface area contributed by atoms with Gasteiger partial charge >= 0.3 is 0 Å². The Balaban J connectivity index is 1.76. The molecule has 1 aromatic rings. The number of hydrogen-bond acceptors (Lipinski definition) is 2. The van der Waals surface area contributed by atoms with E-state index in [0.29, 0.717) is 18.4 Å². The Bertz CT molecular complexity index is 563. The number of hydrogen-bond donors (Lipinski definition) is 3. The lowest BCUT2D eigenvalue weighted by atomic mass is 9.92. The van der Waals surface area contributed by atoms with E-state index in [1.54, 1.807) is 0 Å². The summed E-state index contributed by atoms with van der Waals surface area (Å²) in [5.74, 6) is 1.08. The largest absolute Gasteiger partial charge is 0.342 e. The van der Waals surface area contributed by atoms with E-state index in [-0.39, 0.29) is 18.4 Å². The zero-order valence-electron chi connectivity index (χ0n) is 15.0. The van der Waals surface area contributed by atoms with Crippen LogP contribution in [0.5, 0.6) is 0 Å². The number of nitrogens with one attached hydrogen (secondary N) is 3. The van der Waals surface area contributed by atoms with Gasteiger partial charge in [0.2, 0.25) is 5.91 Å². The average Bonchev–Trinajstić information content (AvgIpc) is 2.52. The zero-order chi connectivity index (χ0) is 17.5. The molecular weight excluding hydrogens is 302 g/mol. The maximum absolute atomic E-state index is 12.1. The molecule has 2 amide bonds. The Morgan fingerprint density at radius 2 is 1.79 bits per heavy atom. The Labute approximate surface area is 144 Å². The van der Waals surface area contributed by atoms with Crippen LogP contribution in [0.4, 0.5) is 5.69 Å². The summed E-state index contributed by atoms with van der Waals surface area (Å²) in [6.45, 7) is 9.08. The van der Waals surface area contributed by atoms with E-state index in [4.69, 9.17) is 0 Å². The molecular formula is C19H30N3O2+. The summed E-state index contributed by atoms with van der Waals surface area (Å²) < 4.78 is 0. The van der Waals surface area contributed by atoms with Crippen molar-refractivity contribution in [1.29, 1.82) is 0 Å². The Morgan fingerprint density at radius 1 is 1.12 bits per heavy atom. The number of quaternary nitrogens is 1. The predicted octanol–water partition coefficient (Wildman–Crippen LogP) is 0.865. The second kappa shape index (κ2) is 8.83. The molecule has 5 heteroatoms. The van der Waals surface area contributed by atoms with Crippen molar-refractivity contribution in [3.8, 4) is 0 Å². The molecule has 0 aromatic heterocycles. The molecule has 1 aliphatic rings. The highest BCUT2D eigenvalue weighted by Gasteiger charge is 2.26. The minimum atomic E-state index is -0.181. The molecule has 132 valence electrons. The lowest BCUT2D eigenvalue weighted by molar-refractivity contribution is -0.904. The maximum Gasteiger partial charge on any atom is 0.275 e. The smallest absolute Gasteiger partial charge is 0.275 e. The molecule has 1 saturated heterocycles. The molecule has 0 spiro atoms. The fourth-order valence-electron chi connectivity index (χ4n) is 3.68. The van der Waals surface area contributed by atoms with Gasteiger partial charge in [-0.3, -0.25) is 9.59 Å². The number of para-hydroxylation sites is 1. The molecule has 3 N–H and O–H groups in total. The highest BCUT2D eigenvalue weighted by Crippen LogP contribution is 2.15. The molecule has 0 saturated carbocycles. The van der Waals surface area contributed by atoms with E-state index in [9.17, 15) is 9.59 Å². The van der Waals surface area contributed by atoms with Crippen molar-refractivity contribution >= 4 is 17.5 Å². The van der Waals surface area contributed by atoms with Crippen LogP contribution in [0.1, 0.15) is 32.8 Å². The van der Waals surface area contributed by atoms with Gasteiger partial charge in [0, 0.05) is 17.5 Å². The first-order valence-electron chi connectivity index (χ1n) is 8.96. The van der Waals surface area contributed by atoms with Crippen LogP contribution in [-0.4, -0.2) is 38.0 Å². The van der Waals surface area contributed by atoms with Gasteiger partial charge in [0.25, 0.3) is 5.91 Å². The van der Waals surface area contributed by atoms with Gasteiger partial charge < -0.3 is 15.5 Å². The number of amides is 2. The molecule has 0 bridgehead atoms. The summed E-state index contributed by atoms with van der Waals surface area (Å²) in [6, 6.07) is 7.74. The number of aryl methyl sites for hydroxylation is 1. The summed E-state index contributed by atoms with van der Waals surface area (Å²) in [4.78, 5) is 25.5. The van der Waals surface area contributed by atoms with E-state index in [0.717, 1.165) is 30.8 Å². The third-order valence-corrected chi connectivity index (χ3v) is 4.61. The van der Waals surface area contributed by atoms with E-state index in [1.165, 1.54) is 11.3 Å². The van der Waals surface area contributed by atoms with Crippen LogP contribution in [0.15, 0.2) is 24.3 Å². The van der Waals surface area contributed by atoms with Crippen molar-refractivity contribution in [3.63, 3.8) is 0 Å². The molecule has 1 aliphatic heterocycles. The van der Waals surface area contributed by atoms with Crippen LogP contribution in [0.3, 0.4) is 0 Å². The highest BCUT2D eigenvalue weighted by atomic mass is 16.2. The fraction of sp³-hybridized carbons (Fsp3) is 0.579. The molecule has 0 aliphatic carbocycles. The van der Waals surface area contributed by atoms with Crippen molar-refractivity contribution < 1.29 is 14.5 Å². The first-order chi connectivity index (χ1) is 11.5. The van der Waals surface area contributed by atoms with Crippen molar-refractivity contribution in [3.05, 3.63) is 29.8 Å². The van der Waals surface area contributed by atoms with E-state index < -0.39 is 0 Å². The number of carbonyl (C=O) groups is 2. The van der Waals surface area contributed by atoms with Crippen LogP contribution < -0.4 is 15.5 Å². The molecule has 1 heterocycles. The average molecular weight is 332 g/mol. The first-order valence-corrected chi connectivity index (χ1v) is 8.96. The standard InChI is InChI=1S/C19H29N3O2/c1-4-16-7-5-6-8-17(16)21-18(23)10-20-19(24)13-22-11-14(2)9-15(3)12-22/h5-8,14-15H,4,9-13H2,1-3H3,(H,20,24)(H,21,23)/p+1/t14-,15-/m0/s1. The molecule has 24 heavy (non-hydrogen) atoms. The lowest BCUT2D eigenvalue weighted by Gasteiger charge is -2.31. The SMILES string of the molecule is CCc1ccccc1NC(=O)CNC(=O)C[NH+]1C[C@@H](C)C[C@H](C)C1. The second-order valence-corrected chi connectivity index (χ2v) is 7.12. The molecule has 1 fully saturated rings. The summed E-state index contributed by atoms with van der Waals surface area (Å²) in [5, 5.41) is 5.62. The quantitative estimate of drug-likeness (QED) is 0.724. The van der Waals surface area contributed by atoms with Crippen molar-refractivity contribution in [2.24, 2.45) is 11.8 Å². The summed E-state index contributed by atoms with van der Waals surface area (Å²) in [6.07, 6.45) is 2.10. The number of likely N-dealkylation sites (tertiary alicyclic amines) is 1. The van der Waals surface area contributed by atoms with Crippen LogP contribution in [-0.2, 0) is 16.0 Å². The van der Waals surface area contributed by atoms with E-state index >= 15 is 0 Å². The Hall–Kier alpha value is -1.88. The molecule has 0 unspecified atom stereocenters. The number of piperidine rings is 1. The number of anilines is 1. The van der Waals surface area contributed by atoms with Crippen LogP contribution >= 0.6 is 0 Å². The van der Waals surface area contributed by atoms with Gasteiger partial charge in [-0.2, -0.15) is 0 Å². The maximum atomic E-state index is 12.1. The minimum absolute atomic E-state index is 0.0231. The summed E-state index contributed by atoms with van der Waals surface area (Å²) >= 11 is 0. The monoisotopic (exact) mass is 332 g/mol. The lowest BCUT2D eigenvalue weighted by Crippen LogP contribution is -3.15. The van der Waals surface area contributed by atoms with Crippen LogP contribution in [0, 0.1) is 11.8 Å². The third-order valence-electron chi connectivity index (χ3n) is 4.61. The first kappa shape index (κ1) is 18.5. The fourth-order valence-corrected chi connectivity index (χ4v) is 3.68. The zero-order valence-corrected chi connectivity index (χ0v) is 15.0. The van der Waals surface area contributed by atoms with Gasteiger partial charge in [-0.15, -0.1) is 0 Å². The van der Waals surface area contributed by atoms with Crippen molar-refractivity contribution in [2.75, 3.05) is 31.5 Å². The Kier molecular flexibility index (Phi) is 6.79. The van der Waals surface area contributed by atoms with Gasteiger partial charge in [-0.25, -0.2) is 0 Å². The normalized spacial score (nSPS) is 23.5. The van der Waals surface area contributed by atoms with Crippen molar-refractivity contribution in [2.45, 2.75) is 33.6 Å². The summed E-state index contributed by atoms with van der Waals surface area (Å²) in [5.41, 5.74) is 1.92. The van der Waals surface area contributed by atoms with Crippen molar-refractivity contribution in [1.82, 2.24) is 5.32 Å². The summed E-state index contributed by atoms with van der Waals surface area (Å²) in [7, 11) is 0. The van der Waals surface area contributed by atoms with Crippen LogP contribution in [0.25, 0.3) is 0 Å². The van der Waals surface area contributed by atoms with Gasteiger partial charge in [0.15, 0.2) is 6.54 Å². The minimum Gasteiger partial charge on any atom is -0.342 e. The van der Waals surface area contributed by atoms with Gasteiger partial charge in [0.1, 0.15) is 0 Å². The number of benzene rings is 1. The Morgan fingerprint density at radius 3 is 2.46 bits per heavy atom. The number of carbonyl (C=O) groups excluding carboxylic acids is 2. The highest BCUT2D eigenvalue weighted by molar-refractivity contribution is 5.95. The van der Waals surface area contributed by atoms with Gasteiger partial charge in [-0.05, 0) is 24.5 Å². The van der Waals surface area contributed by atoms with Gasteiger partial charge in [0.05, 0.1) is 19.6 Å². The van der Waals surface area contributed by atoms with E-state index in [1.807, 2.05) is 24.3 Å². The predicted molar refractivity (Wildman–Crippen MR) is 96.0 cm³/mol.